The Morgan fingerprint density at radius 1 is 1.50 bits per heavy atom. The summed E-state index contributed by atoms with van der Waals surface area (Å²) in [5.41, 5.74) is 3.55. The number of amidine groups is 1. The van der Waals surface area contributed by atoms with Gasteiger partial charge in [0.15, 0.2) is 0 Å². The molecule has 0 aliphatic rings. The summed E-state index contributed by atoms with van der Waals surface area (Å²) in [5.74, 6) is 0.0878. The van der Waals surface area contributed by atoms with Gasteiger partial charge in [0.1, 0.15) is 11.5 Å². The average molecular weight is 181 g/mol. The minimum Gasteiger partial charge on any atom is -0.395 e. The van der Waals surface area contributed by atoms with Crippen LogP contribution in [0, 0.1) is 0 Å². The van der Waals surface area contributed by atoms with E-state index in [1.165, 1.54) is 14.1 Å². The zero-order chi connectivity index (χ0) is 9.78. The predicted octanol–water partition coefficient (Wildman–Crippen LogP) is 0.639. The second-order valence-corrected chi connectivity index (χ2v) is 1.96. The van der Waals surface area contributed by atoms with Crippen LogP contribution in [0.5, 0.6) is 0 Å². The Hall–Kier alpha value is -1.20. The summed E-state index contributed by atoms with van der Waals surface area (Å²) in [4.78, 5) is 3.51. The van der Waals surface area contributed by atoms with Crippen molar-refractivity contribution < 1.29 is 13.2 Å². The van der Waals surface area contributed by atoms with E-state index >= 15 is 0 Å². The van der Waals surface area contributed by atoms with Crippen LogP contribution < -0.4 is 11.1 Å². The maximum Gasteiger partial charge on any atom is 0.430 e. The molecule has 3 nitrogen and oxygen atoms in total. The molecule has 0 spiro atoms. The number of nitrogens with two attached hydrogens (primary N) is 1. The fourth-order valence-corrected chi connectivity index (χ4v) is 0.478. The molecule has 0 amide bonds. The first-order chi connectivity index (χ1) is 5.41. The van der Waals surface area contributed by atoms with Crippen molar-refractivity contribution in [1.29, 1.82) is 0 Å². The van der Waals surface area contributed by atoms with E-state index < -0.39 is 11.9 Å². The molecule has 0 aromatic carbocycles. The maximum absolute atomic E-state index is 11.8. The lowest BCUT2D eigenvalue weighted by Crippen LogP contribution is -2.24. The van der Waals surface area contributed by atoms with Crippen molar-refractivity contribution >= 4 is 5.84 Å². The van der Waals surface area contributed by atoms with Crippen molar-refractivity contribution in [2.75, 3.05) is 14.1 Å². The average Bonchev–Trinajstić information content (AvgIpc) is 1.97. The van der Waals surface area contributed by atoms with Crippen molar-refractivity contribution in [2.24, 2.45) is 10.7 Å². The number of hydrogen-bond donors (Lipinski definition) is 2. The Balaban J connectivity index is 4.56. The topological polar surface area (TPSA) is 50.4 Å². The highest BCUT2D eigenvalue weighted by Crippen LogP contribution is 2.20. The molecule has 0 aliphatic carbocycles. The summed E-state index contributed by atoms with van der Waals surface area (Å²) in [6, 6.07) is 0. The van der Waals surface area contributed by atoms with Gasteiger partial charge in [-0.05, 0) is 0 Å². The molecule has 0 aliphatic heterocycles. The minimum absolute atomic E-state index is 0.0878. The molecule has 0 atom stereocenters. The standard InChI is InChI=1S/C6H10F3N3/c1-11-5(12-2)3-4(10)6(7,8)9/h3H,10H2,1-2H3,(H,11,12). The molecule has 0 bridgehead atoms. The van der Waals surface area contributed by atoms with Crippen LogP contribution in [0.3, 0.4) is 0 Å². The number of alkyl halides is 3. The highest BCUT2D eigenvalue weighted by molar-refractivity contribution is 5.93. The van der Waals surface area contributed by atoms with Gasteiger partial charge in [-0.15, -0.1) is 0 Å². The fraction of sp³-hybridized carbons (Fsp3) is 0.500. The van der Waals surface area contributed by atoms with Gasteiger partial charge in [-0.3, -0.25) is 4.99 Å². The van der Waals surface area contributed by atoms with Crippen LogP contribution in [0.1, 0.15) is 0 Å². The van der Waals surface area contributed by atoms with Gasteiger partial charge in [0.25, 0.3) is 0 Å². The van der Waals surface area contributed by atoms with E-state index in [4.69, 9.17) is 5.73 Å². The third kappa shape index (κ3) is 3.27. The number of rotatable bonds is 1. The normalized spacial score (nSPS) is 14.8. The molecule has 12 heavy (non-hydrogen) atoms. The maximum atomic E-state index is 11.8. The first-order valence-electron chi connectivity index (χ1n) is 3.10. The summed E-state index contributed by atoms with van der Waals surface area (Å²) in [6.45, 7) is 0. The van der Waals surface area contributed by atoms with Crippen molar-refractivity contribution in [3.8, 4) is 0 Å². The molecule has 0 saturated heterocycles. The number of hydrogen-bond acceptors (Lipinski definition) is 2. The van der Waals surface area contributed by atoms with Gasteiger partial charge in [0, 0.05) is 20.2 Å². The van der Waals surface area contributed by atoms with E-state index in [0.29, 0.717) is 0 Å². The third-order valence-electron chi connectivity index (χ3n) is 1.12. The van der Waals surface area contributed by atoms with Crippen molar-refractivity contribution in [3.05, 3.63) is 11.8 Å². The number of nitrogens with zero attached hydrogens (tertiary/aromatic N) is 1. The van der Waals surface area contributed by atoms with Crippen molar-refractivity contribution in [1.82, 2.24) is 5.32 Å². The zero-order valence-electron chi connectivity index (χ0n) is 6.74. The van der Waals surface area contributed by atoms with Crippen LogP contribution in [-0.2, 0) is 0 Å². The van der Waals surface area contributed by atoms with E-state index in [2.05, 4.69) is 10.3 Å². The number of likely N-dealkylation sites (N-methyl/N-ethyl adjacent to an activating group) is 1. The first kappa shape index (κ1) is 10.8. The van der Waals surface area contributed by atoms with E-state index in [9.17, 15) is 13.2 Å². The lowest BCUT2D eigenvalue weighted by atomic mass is 10.4. The number of halogens is 3. The summed E-state index contributed by atoms with van der Waals surface area (Å²) in [7, 11) is 2.83. The Kier molecular flexibility index (Phi) is 3.59. The van der Waals surface area contributed by atoms with Crippen molar-refractivity contribution in [3.63, 3.8) is 0 Å². The molecule has 0 saturated carbocycles. The number of allylic oxidation sites excluding steroid dienone is 1. The lowest BCUT2D eigenvalue weighted by Gasteiger charge is -2.06. The zero-order valence-corrected chi connectivity index (χ0v) is 6.74. The largest absolute Gasteiger partial charge is 0.430 e. The molecule has 6 heteroatoms. The van der Waals surface area contributed by atoms with Crippen LogP contribution in [0.25, 0.3) is 0 Å². The molecular formula is C6H10F3N3. The molecule has 0 rings (SSSR count). The highest BCUT2D eigenvalue weighted by Gasteiger charge is 2.31. The minimum atomic E-state index is -4.49. The third-order valence-corrected chi connectivity index (χ3v) is 1.12. The monoisotopic (exact) mass is 181 g/mol. The molecular weight excluding hydrogens is 171 g/mol. The molecule has 0 fully saturated rings. The van der Waals surface area contributed by atoms with Gasteiger partial charge in [0.05, 0.1) is 0 Å². The highest BCUT2D eigenvalue weighted by atomic mass is 19.4. The molecule has 0 aromatic heterocycles. The summed E-state index contributed by atoms with van der Waals surface area (Å²) in [6.07, 6.45) is -3.76. The van der Waals surface area contributed by atoms with E-state index in [-0.39, 0.29) is 5.84 Å². The van der Waals surface area contributed by atoms with Gasteiger partial charge in [-0.2, -0.15) is 13.2 Å². The predicted molar refractivity (Wildman–Crippen MR) is 40.7 cm³/mol. The number of aliphatic imine (C=N–C) groups is 1. The first-order valence-corrected chi connectivity index (χ1v) is 3.10. The van der Waals surface area contributed by atoms with Crippen LogP contribution in [0.2, 0.25) is 0 Å². The summed E-state index contributed by atoms with van der Waals surface area (Å²) in [5, 5.41) is 2.45. The van der Waals surface area contributed by atoms with Crippen LogP contribution in [0.15, 0.2) is 16.8 Å². The van der Waals surface area contributed by atoms with Gasteiger partial charge in [0.2, 0.25) is 0 Å². The molecule has 70 valence electrons. The molecule has 0 aromatic rings. The summed E-state index contributed by atoms with van der Waals surface area (Å²) >= 11 is 0. The van der Waals surface area contributed by atoms with Crippen LogP contribution >= 0.6 is 0 Å². The Morgan fingerprint density at radius 3 is 2.25 bits per heavy atom. The van der Waals surface area contributed by atoms with Crippen LogP contribution in [-0.4, -0.2) is 26.1 Å². The van der Waals surface area contributed by atoms with E-state index in [1.807, 2.05) is 0 Å². The van der Waals surface area contributed by atoms with E-state index in [0.717, 1.165) is 6.08 Å². The number of nitrogens with one attached hydrogen (secondary N) is 1. The van der Waals surface area contributed by atoms with Gasteiger partial charge in [-0.25, -0.2) is 0 Å². The SMILES string of the molecule is CN=C(C=C(N)C(F)(F)F)NC. The van der Waals surface area contributed by atoms with Gasteiger partial charge in [-0.1, -0.05) is 0 Å². The molecule has 0 radical (unpaired) electrons. The fourth-order valence-electron chi connectivity index (χ4n) is 0.478. The van der Waals surface area contributed by atoms with Crippen molar-refractivity contribution in [2.45, 2.75) is 6.18 Å². The van der Waals surface area contributed by atoms with Gasteiger partial charge >= 0.3 is 6.18 Å². The molecule has 3 N–H and O–H groups in total. The van der Waals surface area contributed by atoms with Gasteiger partial charge < -0.3 is 11.1 Å². The Labute approximate surface area is 68.2 Å². The van der Waals surface area contributed by atoms with Crippen LogP contribution in [0.4, 0.5) is 13.2 Å². The second kappa shape index (κ2) is 3.99. The Bertz CT molecular complexity index is 205. The smallest absolute Gasteiger partial charge is 0.395 e. The quantitative estimate of drug-likeness (QED) is 0.460. The molecule has 0 unspecified atom stereocenters. The summed E-state index contributed by atoms with van der Waals surface area (Å²) < 4.78 is 35.4. The molecule has 0 heterocycles. The Morgan fingerprint density at radius 2 is 2.00 bits per heavy atom. The lowest BCUT2D eigenvalue weighted by molar-refractivity contribution is -0.0925. The second-order valence-electron chi connectivity index (χ2n) is 1.96. The van der Waals surface area contributed by atoms with E-state index in [1.54, 1.807) is 0 Å².